The summed E-state index contributed by atoms with van der Waals surface area (Å²) in [4.78, 5) is 12.8. The molecule has 2 heterocycles. The molecule has 2 aromatic carbocycles. The Kier molecular flexibility index (Phi) is 5.94. The molecular weight excluding hydrogens is 453 g/mol. The van der Waals surface area contributed by atoms with Crippen molar-refractivity contribution in [1.82, 2.24) is 15.0 Å². The maximum Gasteiger partial charge on any atom is 0.229 e. The molecule has 0 aliphatic rings. The first-order valence-corrected chi connectivity index (χ1v) is 11.9. The second-order valence-electron chi connectivity index (χ2n) is 7.31. The van der Waals surface area contributed by atoms with Crippen molar-refractivity contribution in [2.24, 2.45) is 0 Å². The van der Waals surface area contributed by atoms with Crippen LogP contribution in [-0.2, 0) is 10.0 Å². The highest BCUT2D eigenvalue weighted by Gasteiger charge is 2.13. The zero-order chi connectivity index (χ0) is 22.9. The van der Waals surface area contributed by atoms with Gasteiger partial charge in [0.15, 0.2) is 5.15 Å². The van der Waals surface area contributed by atoms with Crippen molar-refractivity contribution < 1.29 is 12.8 Å². The molecule has 4 aromatic rings. The SMILES string of the molecule is CC(Nc1ncnc2ccc(-c3cnc(Cl)c(NS(C)(=O)=O)c3)cc12)c1cccc(F)c1. The van der Waals surface area contributed by atoms with Gasteiger partial charge in [-0.2, -0.15) is 0 Å². The first-order valence-electron chi connectivity index (χ1n) is 9.60. The number of benzene rings is 2. The lowest BCUT2D eigenvalue weighted by Crippen LogP contribution is -2.10. The molecule has 0 spiro atoms. The van der Waals surface area contributed by atoms with Crippen LogP contribution in [0.1, 0.15) is 18.5 Å². The standard InChI is InChI=1S/C22H19ClFN5O2S/c1-13(14-4-3-5-17(24)8-14)28-22-18-9-15(6-7-19(18)26-12-27-22)16-10-20(21(23)25-11-16)29-32(2,30)31/h3-13,29H,1-2H3,(H,26,27,28). The van der Waals surface area contributed by atoms with E-state index in [2.05, 4.69) is 25.0 Å². The van der Waals surface area contributed by atoms with Gasteiger partial charge in [0.1, 0.15) is 18.0 Å². The van der Waals surface area contributed by atoms with Crippen LogP contribution >= 0.6 is 11.6 Å². The van der Waals surface area contributed by atoms with E-state index in [-0.39, 0.29) is 22.7 Å². The minimum Gasteiger partial charge on any atom is -0.363 e. The van der Waals surface area contributed by atoms with Gasteiger partial charge in [0, 0.05) is 17.1 Å². The molecule has 0 aliphatic carbocycles. The van der Waals surface area contributed by atoms with E-state index in [1.54, 1.807) is 18.3 Å². The molecule has 0 bridgehead atoms. The second-order valence-corrected chi connectivity index (χ2v) is 9.42. The monoisotopic (exact) mass is 471 g/mol. The predicted octanol–water partition coefficient (Wildman–Crippen LogP) is 5.03. The van der Waals surface area contributed by atoms with Crippen LogP contribution in [0, 0.1) is 5.82 Å². The number of hydrogen-bond acceptors (Lipinski definition) is 6. The summed E-state index contributed by atoms with van der Waals surface area (Å²) in [6.07, 6.45) is 4.06. The van der Waals surface area contributed by atoms with Crippen molar-refractivity contribution in [3.63, 3.8) is 0 Å². The minimum absolute atomic E-state index is 0.0505. The Labute approximate surface area is 189 Å². The van der Waals surface area contributed by atoms with Crippen LogP contribution in [0.5, 0.6) is 0 Å². The summed E-state index contributed by atoms with van der Waals surface area (Å²) in [5, 5.41) is 4.11. The normalized spacial score (nSPS) is 12.5. The van der Waals surface area contributed by atoms with Crippen molar-refractivity contribution in [2.75, 3.05) is 16.3 Å². The fraction of sp³-hybridized carbons (Fsp3) is 0.136. The van der Waals surface area contributed by atoms with Crippen molar-refractivity contribution >= 4 is 44.0 Å². The van der Waals surface area contributed by atoms with Gasteiger partial charge in [0.05, 0.1) is 23.5 Å². The Balaban J connectivity index is 1.72. The van der Waals surface area contributed by atoms with Gasteiger partial charge in [-0.15, -0.1) is 0 Å². The summed E-state index contributed by atoms with van der Waals surface area (Å²) in [5.74, 6) is 0.282. The highest BCUT2D eigenvalue weighted by atomic mass is 35.5. The number of fused-ring (bicyclic) bond motifs is 1. The van der Waals surface area contributed by atoms with Gasteiger partial charge in [-0.05, 0) is 48.4 Å². The number of nitrogens with zero attached hydrogens (tertiary/aromatic N) is 3. The zero-order valence-corrected chi connectivity index (χ0v) is 18.7. The largest absolute Gasteiger partial charge is 0.363 e. The molecular formula is C22H19ClFN5O2S. The number of halogens is 2. The highest BCUT2D eigenvalue weighted by molar-refractivity contribution is 7.92. The van der Waals surface area contributed by atoms with E-state index in [4.69, 9.17) is 11.6 Å². The number of rotatable bonds is 6. The van der Waals surface area contributed by atoms with Crippen LogP contribution in [0.4, 0.5) is 15.9 Å². The van der Waals surface area contributed by atoms with E-state index in [0.717, 1.165) is 22.8 Å². The van der Waals surface area contributed by atoms with Gasteiger partial charge in [-0.1, -0.05) is 29.8 Å². The van der Waals surface area contributed by atoms with Crippen molar-refractivity contribution in [3.05, 3.63) is 77.6 Å². The average molecular weight is 472 g/mol. The smallest absolute Gasteiger partial charge is 0.229 e. The zero-order valence-electron chi connectivity index (χ0n) is 17.2. The molecule has 0 radical (unpaired) electrons. The molecule has 0 saturated heterocycles. The van der Waals surface area contributed by atoms with Gasteiger partial charge in [0.25, 0.3) is 0 Å². The fourth-order valence-electron chi connectivity index (χ4n) is 3.29. The molecule has 0 amide bonds. The first-order chi connectivity index (χ1) is 15.2. The molecule has 2 N–H and O–H groups in total. The number of pyridine rings is 1. The molecule has 0 saturated carbocycles. The molecule has 1 atom stereocenters. The lowest BCUT2D eigenvalue weighted by atomic mass is 10.0. The second kappa shape index (κ2) is 8.68. The molecule has 2 aromatic heterocycles. The first kappa shape index (κ1) is 21.9. The van der Waals surface area contributed by atoms with E-state index >= 15 is 0 Å². The fourth-order valence-corrected chi connectivity index (χ4v) is 4.05. The number of aromatic nitrogens is 3. The quantitative estimate of drug-likeness (QED) is 0.383. The van der Waals surface area contributed by atoms with E-state index in [1.807, 2.05) is 31.2 Å². The van der Waals surface area contributed by atoms with Crippen LogP contribution in [0.15, 0.2) is 61.1 Å². The molecule has 164 valence electrons. The van der Waals surface area contributed by atoms with Crippen LogP contribution < -0.4 is 10.0 Å². The van der Waals surface area contributed by atoms with Crippen molar-refractivity contribution in [2.45, 2.75) is 13.0 Å². The van der Waals surface area contributed by atoms with E-state index in [1.165, 1.54) is 18.5 Å². The van der Waals surface area contributed by atoms with E-state index in [9.17, 15) is 12.8 Å². The third-order valence-electron chi connectivity index (χ3n) is 4.80. The number of anilines is 2. The molecule has 4 rings (SSSR count). The number of nitrogens with one attached hydrogen (secondary N) is 2. The molecule has 0 aliphatic heterocycles. The summed E-state index contributed by atoms with van der Waals surface area (Å²) < 4.78 is 39.2. The van der Waals surface area contributed by atoms with Crippen LogP contribution in [0.2, 0.25) is 5.15 Å². The number of sulfonamides is 1. The third kappa shape index (κ3) is 4.95. The summed E-state index contributed by atoms with van der Waals surface area (Å²) >= 11 is 6.04. The molecule has 32 heavy (non-hydrogen) atoms. The van der Waals surface area contributed by atoms with E-state index < -0.39 is 10.0 Å². The van der Waals surface area contributed by atoms with Gasteiger partial charge >= 0.3 is 0 Å². The molecule has 1 unspecified atom stereocenters. The maximum atomic E-state index is 13.6. The van der Waals surface area contributed by atoms with Gasteiger partial charge in [-0.25, -0.2) is 27.8 Å². The summed E-state index contributed by atoms with van der Waals surface area (Å²) in [6.45, 7) is 1.92. The molecule has 10 heteroatoms. The van der Waals surface area contributed by atoms with Crippen LogP contribution in [0.25, 0.3) is 22.0 Å². The lowest BCUT2D eigenvalue weighted by molar-refractivity contribution is 0.606. The maximum absolute atomic E-state index is 13.6. The topological polar surface area (TPSA) is 96.9 Å². The van der Waals surface area contributed by atoms with Gasteiger partial charge < -0.3 is 5.32 Å². The van der Waals surface area contributed by atoms with Gasteiger partial charge in [-0.3, -0.25) is 4.72 Å². The Morgan fingerprint density at radius 1 is 1.03 bits per heavy atom. The average Bonchev–Trinajstić information content (AvgIpc) is 2.74. The van der Waals surface area contributed by atoms with Crippen LogP contribution in [-0.4, -0.2) is 29.6 Å². The minimum atomic E-state index is -3.51. The number of hydrogen-bond donors (Lipinski definition) is 2. The summed E-state index contributed by atoms with van der Waals surface area (Å²) in [6, 6.07) is 13.4. The van der Waals surface area contributed by atoms with Gasteiger partial charge in [0.2, 0.25) is 10.0 Å². The Morgan fingerprint density at radius 3 is 2.59 bits per heavy atom. The summed E-state index contributed by atoms with van der Waals surface area (Å²) in [7, 11) is -3.51. The van der Waals surface area contributed by atoms with Crippen molar-refractivity contribution in [3.8, 4) is 11.1 Å². The predicted molar refractivity (Wildman–Crippen MR) is 125 cm³/mol. The Morgan fingerprint density at radius 2 is 1.84 bits per heavy atom. The molecule has 7 nitrogen and oxygen atoms in total. The van der Waals surface area contributed by atoms with Crippen molar-refractivity contribution in [1.29, 1.82) is 0 Å². The highest BCUT2D eigenvalue weighted by Crippen LogP contribution is 2.31. The Hall–Kier alpha value is -3.30. The lowest BCUT2D eigenvalue weighted by Gasteiger charge is -2.17. The van der Waals surface area contributed by atoms with Crippen LogP contribution in [0.3, 0.4) is 0 Å². The third-order valence-corrected chi connectivity index (χ3v) is 5.70. The van der Waals surface area contributed by atoms with E-state index in [0.29, 0.717) is 16.9 Å². The Bertz CT molecular complexity index is 1410. The summed E-state index contributed by atoms with van der Waals surface area (Å²) in [5.41, 5.74) is 3.12. The molecule has 0 fully saturated rings.